The van der Waals surface area contributed by atoms with Crippen molar-refractivity contribution in [2.75, 3.05) is 5.32 Å². The first kappa shape index (κ1) is 12.2. The second kappa shape index (κ2) is 5.06. The summed E-state index contributed by atoms with van der Waals surface area (Å²) >= 11 is 7.09. The number of nitrogens with one attached hydrogen (secondary N) is 1. The number of hydrogen-bond acceptors (Lipinski definition) is 1. The van der Waals surface area contributed by atoms with Crippen LogP contribution < -0.4 is 5.32 Å². The summed E-state index contributed by atoms with van der Waals surface area (Å²) in [5, 5.41) is 3.53. The lowest BCUT2D eigenvalue weighted by atomic mass is 9.96. The lowest BCUT2D eigenvalue weighted by molar-refractivity contribution is 0.909. The van der Waals surface area contributed by atoms with Gasteiger partial charge < -0.3 is 5.32 Å². The van der Waals surface area contributed by atoms with E-state index in [1.54, 1.807) is 0 Å². The molecular formula is C15H13Br2N. The molecule has 18 heavy (non-hydrogen) atoms. The largest absolute Gasteiger partial charge is 0.381 e. The number of halogens is 2. The Hall–Kier alpha value is -0.800. The Morgan fingerprint density at radius 1 is 0.778 bits per heavy atom. The summed E-state index contributed by atoms with van der Waals surface area (Å²) < 4.78 is 2.30. The van der Waals surface area contributed by atoms with Gasteiger partial charge in [0.2, 0.25) is 0 Å². The van der Waals surface area contributed by atoms with Gasteiger partial charge in [0, 0.05) is 21.2 Å². The molecule has 0 saturated carbocycles. The van der Waals surface area contributed by atoms with E-state index in [9.17, 15) is 0 Å². The van der Waals surface area contributed by atoms with Crippen LogP contribution in [-0.4, -0.2) is 0 Å². The molecule has 2 aromatic carbocycles. The average Bonchev–Trinajstić information content (AvgIpc) is 2.34. The third-order valence-corrected chi connectivity index (χ3v) is 4.36. The molecule has 1 heterocycles. The Bertz CT molecular complexity index is 540. The summed E-state index contributed by atoms with van der Waals surface area (Å²) in [5.74, 6) is 0. The summed E-state index contributed by atoms with van der Waals surface area (Å²) in [6.45, 7) is 0.892. The van der Waals surface area contributed by atoms with Crippen molar-refractivity contribution in [1.29, 1.82) is 0 Å². The maximum absolute atomic E-state index is 3.54. The Labute approximate surface area is 124 Å². The third-order valence-electron chi connectivity index (χ3n) is 3.37. The third kappa shape index (κ3) is 2.47. The summed E-state index contributed by atoms with van der Waals surface area (Å²) in [7, 11) is 0. The first-order chi connectivity index (χ1) is 8.72. The van der Waals surface area contributed by atoms with E-state index in [1.807, 2.05) is 0 Å². The van der Waals surface area contributed by atoms with Crippen molar-refractivity contribution in [2.24, 2.45) is 0 Å². The second-order valence-electron chi connectivity index (χ2n) is 4.57. The summed E-state index contributed by atoms with van der Waals surface area (Å²) in [6, 6.07) is 13.0. The van der Waals surface area contributed by atoms with Crippen molar-refractivity contribution in [3.8, 4) is 0 Å². The number of aryl methyl sites for hydroxylation is 2. The summed E-state index contributed by atoms with van der Waals surface area (Å²) in [6.07, 6.45) is 2.18. The SMILES string of the molecule is Brc1ccc2c(c1)CNc1ccc(Br)cc1CC2. The van der Waals surface area contributed by atoms with Gasteiger partial charge in [-0.1, -0.05) is 37.9 Å². The van der Waals surface area contributed by atoms with Gasteiger partial charge in [-0.05, 0) is 59.9 Å². The molecule has 1 aliphatic heterocycles. The lowest BCUT2D eigenvalue weighted by Crippen LogP contribution is -2.10. The monoisotopic (exact) mass is 365 g/mol. The molecule has 1 nitrogen and oxygen atoms in total. The van der Waals surface area contributed by atoms with Gasteiger partial charge in [0.1, 0.15) is 0 Å². The van der Waals surface area contributed by atoms with E-state index in [4.69, 9.17) is 0 Å². The fraction of sp³-hybridized carbons (Fsp3) is 0.200. The van der Waals surface area contributed by atoms with Gasteiger partial charge in [-0.3, -0.25) is 0 Å². The standard InChI is InChI=1S/C15H13Br2N/c16-13-4-3-10-1-2-11-7-14(17)5-6-15(11)18-9-12(10)8-13/h3-8,18H,1-2,9H2. The molecule has 1 aliphatic rings. The number of hydrogen-bond donors (Lipinski definition) is 1. The molecule has 0 bridgehead atoms. The van der Waals surface area contributed by atoms with Crippen LogP contribution in [0.15, 0.2) is 45.3 Å². The first-order valence-corrected chi connectivity index (χ1v) is 7.60. The number of rotatable bonds is 0. The molecule has 0 atom stereocenters. The van der Waals surface area contributed by atoms with Crippen LogP contribution in [0.5, 0.6) is 0 Å². The highest BCUT2D eigenvalue weighted by Gasteiger charge is 2.11. The predicted octanol–water partition coefficient (Wildman–Crippen LogP) is 4.92. The van der Waals surface area contributed by atoms with Crippen molar-refractivity contribution < 1.29 is 0 Å². The van der Waals surface area contributed by atoms with E-state index in [-0.39, 0.29) is 0 Å². The Kier molecular flexibility index (Phi) is 3.44. The highest BCUT2D eigenvalue weighted by molar-refractivity contribution is 9.10. The van der Waals surface area contributed by atoms with Gasteiger partial charge in [0.25, 0.3) is 0 Å². The normalized spacial score (nSPS) is 13.9. The number of benzene rings is 2. The molecule has 0 spiro atoms. The first-order valence-electron chi connectivity index (χ1n) is 6.02. The van der Waals surface area contributed by atoms with E-state index in [2.05, 4.69) is 73.6 Å². The smallest absolute Gasteiger partial charge is 0.0404 e. The van der Waals surface area contributed by atoms with Crippen LogP contribution >= 0.6 is 31.9 Å². The second-order valence-corrected chi connectivity index (χ2v) is 6.40. The Morgan fingerprint density at radius 3 is 2.28 bits per heavy atom. The van der Waals surface area contributed by atoms with Gasteiger partial charge in [-0.15, -0.1) is 0 Å². The van der Waals surface area contributed by atoms with Crippen LogP contribution in [0.1, 0.15) is 16.7 Å². The van der Waals surface area contributed by atoms with Crippen LogP contribution in [0.4, 0.5) is 5.69 Å². The van der Waals surface area contributed by atoms with E-state index < -0.39 is 0 Å². The highest BCUT2D eigenvalue weighted by atomic mass is 79.9. The number of anilines is 1. The van der Waals surface area contributed by atoms with Crippen molar-refractivity contribution in [3.05, 3.63) is 62.0 Å². The summed E-state index contributed by atoms with van der Waals surface area (Å²) in [5.41, 5.74) is 5.47. The molecule has 0 aromatic heterocycles. The molecule has 0 radical (unpaired) electrons. The van der Waals surface area contributed by atoms with Gasteiger partial charge >= 0.3 is 0 Å². The molecule has 0 fully saturated rings. The van der Waals surface area contributed by atoms with Crippen molar-refractivity contribution in [2.45, 2.75) is 19.4 Å². The maximum atomic E-state index is 3.54. The molecule has 0 aliphatic carbocycles. The zero-order valence-corrected chi connectivity index (χ0v) is 13.0. The molecular weight excluding hydrogens is 354 g/mol. The number of fused-ring (bicyclic) bond motifs is 2. The molecule has 3 heteroatoms. The summed E-state index contributed by atoms with van der Waals surface area (Å²) in [4.78, 5) is 0. The van der Waals surface area contributed by atoms with Gasteiger partial charge in [0.05, 0.1) is 0 Å². The van der Waals surface area contributed by atoms with Gasteiger partial charge in [0.15, 0.2) is 0 Å². The minimum Gasteiger partial charge on any atom is -0.381 e. The quantitative estimate of drug-likeness (QED) is 0.697. The Balaban J connectivity index is 1.96. The predicted molar refractivity (Wildman–Crippen MR) is 83.0 cm³/mol. The minimum absolute atomic E-state index is 0.892. The van der Waals surface area contributed by atoms with Gasteiger partial charge in [-0.2, -0.15) is 0 Å². The molecule has 0 amide bonds. The van der Waals surface area contributed by atoms with Crippen LogP contribution in [-0.2, 0) is 19.4 Å². The Morgan fingerprint density at radius 2 is 1.44 bits per heavy atom. The van der Waals surface area contributed by atoms with Crippen LogP contribution in [0.25, 0.3) is 0 Å². The fourth-order valence-corrected chi connectivity index (χ4v) is 3.22. The van der Waals surface area contributed by atoms with Crippen molar-refractivity contribution in [1.82, 2.24) is 0 Å². The zero-order chi connectivity index (χ0) is 12.5. The minimum atomic E-state index is 0.892. The van der Waals surface area contributed by atoms with Crippen molar-refractivity contribution >= 4 is 37.5 Å². The lowest BCUT2D eigenvalue weighted by Gasteiger charge is -2.19. The van der Waals surface area contributed by atoms with E-state index >= 15 is 0 Å². The molecule has 0 saturated heterocycles. The average molecular weight is 367 g/mol. The van der Waals surface area contributed by atoms with Gasteiger partial charge in [-0.25, -0.2) is 0 Å². The molecule has 1 N–H and O–H groups in total. The molecule has 92 valence electrons. The highest BCUT2D eigenvalue weighted by Crippen LogP contribution is 2.27. The molecule has 2 aromatic rings. The van der Waals surface area contributed by atoms with E-state index in [0.717, 1.165) is 28.3 Å². The zero-order valence-electron chi connectivity index (χ0n) is 9.84. The van der Waals surface area contributed by atoms with Crippen LogP contribution in [0.3, 0.4) is 0 Å². The topological polar surface area (TPSA) is 12.0 Å². The van der Waals surface area contributed by atoms with Crippen LogP contribution in [0.2, 0.25) is 0 Å². The molecule has 3 rings (SSSR count). The van der Waals surface area contributed by atoms with Crippen LogP contribution in [0, 0.1) is 0 Å². The van der Waals surface area contributed by atoms with E-state index in [0.29, 0.717) is 0 Å². The fourth-order valence-electron chi connectivity index (χ4n) is 2.40. The maximum Gasteiger partial charge on any atom is 0.0404 e. The molecule has 0 unspecified atom stereocenters. The van der Waals surface area contributed by atoms with Crippen molar-refractivity contribution in [3.63, 3.8) is 0 Å². The van der Waals surface area contributed by atoms with E-state index in [1.165, 1.54) is 22.4 Å².